The summed E-state index contributed by atoms with van der Waals surface area (Å²) in [7, 11) is -4.16. The molecule has 27 heavy (non-hydrogen) atoms. The summed E-state index contributed by atoms with van der Waals surface area (Å²) >= 11 is 0. The normalized spacial score (nSPS) is 11.0. The van der Waals surface area contributed by atoms with Crippen LogP contribution in [0.15, 0.2) is 76.2 Å². The Morgan fingerprint density at radius 2 is 1.67 bits per heavy atom. The minimum absolute atomic E-state index is 0.0120. The Labute approximate surface area is 153 Å². The first kappa shape index (κ1) is 18.3. The van der Waals surface area contributed by atoms with Crippen molar-refractivity contribution in [3.05, 3.63) is 84.1 Å². The van der Waals surface area contributed by atoms with Crippen molar-refractivity contribution in [1.82, 2.24) is 4.72 Å². The van der Waals surface area contributed by atoms with E-state index in [1.807, 2.05) is 4.72 Å². The van der Waals surface area contributed by atoms with Gasteiger partial charge in [-0.2, -0.15) is 0 Å². The smallest absolute Gasteiger partial charge is 0.291 e. The lowest BCUT2D eigenvalue weighted by atomic mass is 10.2. The second-order valence-electron chi connectivity index (χ2n) is 5.40. The summed E-state index contributed by atoms with van der Waals surface area (Å²) in [6, 6.07) is 12.8. The molecule has 7 nitrogen and oxygen atoms in total. The van der Waals surface area contributed by atoms with Crippen molar-refractivity contribution in [3.8, 4) is 0 Å². The minimum Gasteiger partial charge on any atom is -0.459 e. The van der Waals surface area contributed by atoms with Crippen molar-refractivity contribution in [2.24, 2.45) is 0 Å². The highest BCUT2D eigenvalue weighted by molar-refractivity contribution is 7.90. The lowest BCUT2D eigenvalue weighted by Gasteiger charge is -2.09. The first-order chi connectivity index (χ1) is 12.8. The molecule has 0 aliphatic rings. The third-order valence-corrected chi connectivity index (χ3v) is 4.83. The number of nitrogens with one attached hydrogen (secondary N) is 2. The number of hydrogen-bond acceptors (Lipinski definition) is 5. The molecule has 0 aliphatic heterocycles. The van der Waals surface area contributed by atoms with E-state index in [1.165, 1.54) is 36.6 Å². The molecule has 0 atom stereocenters. The maximum Gasteiger partial charge on any atom is 0.291 e. The maximum atomic E-state index is 12.9. The van der Waals surface area contributed by atoms with Crippen LogP contribution >= 0.6 is 0 Å². The molecular weight excluding hydrogens is 375 g/mol. The van der Waals surface area contributed by atoms with E-state index in [0.29, 0.717) is 0 Å². The van der Waals surface area contributed by atoms with Crippen molar-refractivity contribution in [3.63, 3.8) is 0 Å². The summed E-state index contributed by atoms with van der Waals surface area (Å²) < 4.78 is 44.2. The standard InChI is InChI=1S/C18H13FN2O5S/c19-13-6-8-15(9-7-13)27(24,25)21-17(22)12-3-1-4-14(11-12)20-18(23)16-5-2-10-26-16/h1-11H,(H,20,23)(H,21,22). The van der Waals surface area contributed by atoms with Gasteiger partial charge in [0.1, 0.15) is 5.82 Å². The van der Waals surface area contributed by atoms with Gasteiger partial charge in [-0.1, -0.05) is 6.07 Å². The van der Waals surface area contributed by atoms with Gasteiger partial charge in [-0.25, -0.2) is 17.5 Å². The van der Waals surface area contributed by atoms with Gasteiger partial charge in [0.25, 0.3) is 21.8 Å². The van der Waals surface area contributed by atoms with Crippen LogP contribution in [-0.2, 0) is 10.0 Å². The molecule has 2 N–H and O–H groups in total. The van der Waals surface area contributed by atoms with E-state index >= 15 is 0 Å². The Morgan fingerprint density at radius 3 is 2.33 bits per heavy atom. The van der Waals surface area contributed by atoms with Crippen LogP contribution in [0.5, 0.6) is 0 Å². The number of benzene rings is 2. The summed E-state index contributed by atoms with van der Waals surface area (Å²) in [5.74, 6) is -1.92. The number of hydrogen-bond donors (Lipinski definition) is 2. The third kappa shape index (κ3) is 4.39. The zero-order chi connectivity index (χ0) is 19.4. The fraction of sp³-hybridized carbons (Fsp3) is 0. The molecule has 0 fully saturated rings. The quantitative estimate of drug-likeness (QED) is 0.699. The van der Waals surface area contributed by atoms with Gasteiger partial charge in [0.15, 0.2) is 5.76 Å². The highest BCUT2D eigenvalue weighted by atomic mass is 32.2. The molecule has 0 saturated heterocycles. The number of furan rings is 1. The third-order valence-electron chi connectivity index (χ3n) is 3.48. The van der Waals surface area contributed by atoms with Gasteiger partial charge >= 0.3 is 0 Å². The molecule has 9 heteroatoms. The molecule has 0 saturated carbocycles. The van der Waals surface area contributed by atoms with Crippen LogP contribution in [-0.4, -0.2) is 20.2 Å². The van der Waals surface area contributed by atoms with Gasteiger partial charge in [0.2, 0.25) is 0 Å². The molecule has 138 valence electrons. The van der Waals surface area contributed by atoms with Gasteiger partial charge in [0.05, 0.1) is 11.2 Å². The number of anilines is 1. The van der Waals surface area contributed by atoms with Crippen LogP contribution in [0, 0.1) is 5.82 Å². The van der Waals surface area contributed by atoms with Gasteiger partial charge in [-0.05, 0) is 54.6 Å². The van der Waals surface area contributed by atoms with Crippen molar-refractivity contribution in [1.29, 1.82) is 0 Å². The van der Waals surface area contributed by atoms with Crippen LogP contribution in [0.3, 0.4) is 0 Å². The summed E-state index contributed by atoms with van der Waals surface area (Å²) in [5.41, 5.74) is 0.293. The SMILES string of the molecule is O=C(NS(=O)(=O)c1ccc(F)cc1)c1cccc(NC(=O)c2ccco2)c1. The average Bonchev–Trinajstić information content (AvgIpc) is 3.17. The fourth-order valence-electron chi connectivity index (χ4n) is 2.19. The van der Waals surface area contributed by atoms with Crippen LogP contribution in [0.25, 0.3) is 0 Å². The van der Waals surface area contributed by atoms with E-state index in [0.717, 1.165) is 24.3 Å². The fourth-order valence-corrected chi connectivity index (χ4v) is 3.17. The molecule has 0 bridgehead atoms. The van der Waals surface area contributed by atoms with E-state index in [-0.39, 0.29) is 21.9 Å². The van der Waals surface area contributed by atoms with Gasteiger partial charge in [-0.15, -0.1) is 0 Å². The number of carbonyl (C=O) groups is 2. The predicted molar refractivity (Wildman–Crippen MR) is 94.2 cm³/mol. The second kappa shape index (κ2) is 7.42. The first-order valence-electron chi connectivity index (χ1n) is 7.63. The number of halogens is 1. The largest absolute Gasteiger partial charge is 0.459 e. The highest BCUT2D eigenvalue weighted by Crippen LogP contribution is 2.15. The molecule has 1 heterocycles. The zero-order valence-corrected chi connectivity index (χ0v) is 14.5. The number of amides is 2. The summed E-state index contributed by atoms with van der Waals surface area (Å²) in [6.45, 7) is 0. The molecule has 0 radical (unpaired) electrons. The van der Waals surface area contributed by atoms with Gasteiger partial charge in [-0.3, -0.25) is 9.59 Å². The molecule has 3 rings (SSSR count). The number of rotatable bonds is 5. The molecule has 0 unspecified atom stereocenters. The predicted octanol–water partition coefficient (Wildman–Crippen LogP) is 2.79. The molecule has 2 aromatic carbocycles. The number of carbonyl (C=O) groups excluding carboxylic acids is 2. The van der Waals surface area contributed by atoms with E-state index in [9.17, 15) is 22.4 Å². The monoisotopic (exact) mass is 388 g/mol. The molecule has 0 spiro atoms. The lowest BCUT2D eigenvalue weighted by molar-refractivity contribution is 0.0976. The van der Waals surface area contributed by atoms with Crippen molar-refractivity contribution < 1.29 is 26.8 Å². The van der Waals surface area contributed by atoms with Crippen molar-refractivity contribution in [2.45, 2.75) is 4.90 Å². The van der Waals surface area contributed by atoms with Crippen molar-refractivity contribution >= 4 is 27.5 Å². The molecule has 1 aromatic heterocycles. The number of sulfonamides is 1. The van der Waals surface area contributed by atoms with E-state index < -0.39 is 27.7 Å². The van der Waals surface area contributed by atoms with Crippen LogP contribution in [0.2, 0.25) is 0 Å². The van der Waals surface area contributed by atoms with E-state index in [2.05, 4.69) is 5.32 Å². The molecule has 3 aromatic rings. The Morgan fingerprint density at radius 1 is 0.926 bits per heavy atom. The van der Waals surface area contributed by atoms with E-state index in [4.69, 9.17) is 4.42 Å². The van der Waals surface area contributed by atoms with E-state index in [1.54, 1.807) is 6.07 Å². The lowest BCUT2D eigenvalue weighted by Crippen LogP contribution is -2.30. The summed E-state index contributed by atoms with van der Waals surface area (Å²) in [4.78, 5) is 24.0. The Hall–Kier alpha value is -3.46. The highest BCUT2D eigenvalue weighted by Gasteiger charge is 2.19. The minimum atomic E-state index is -4.16. The van der Waals surface area contributed by atoms with Gasteiger partial charge < -0.3 is 9.73 Å². The second-order valence-corrected chi connectivity index (χ2v) is 7.08. The van der Waals surface area contributed by atoms with Crippen LogP contribution < -0.4 is 10.0 Å². The maximum absolute atomic E-state index is 12.9. The Kier molecular flexibility index (Phi) is 5.04. The molecular formula is C18H13FN2O5S. The topological polar surface area (TPSA) is 105 Å². The zero-order valence-electron chi connectivity index (χ0n) is 13.7. The molecule has 0 aliphatic carbocycles. The summed E-state index contributed by atoms with van der Waals surface area (Å²) in [5, 5.41) is 2.54. The molecule has 2 amide bonds. The average molecular weight is 388 g/mol. The Bertz CT molecular complexity index is 1080. The van der Waals surface area contributed by atoms with Gasteiger partial charge in [0, 0.05) is 11.3 Å². The summed E-state index contributed by atoms with van der Waals surface area (Å²) in [6.07, 6.45) is 1.35. The first-order valence-corrected chi connectivity index (χ1v) is 9.11. The van der Waals surface area contributed by atoms with Crippen molar-refractivity contribution in [2.75, 3.05) is 5.32 Å². The van der Waals surface area contributed by atoms with Crippen LogP contribution in [0.4, 0.5) is 10.1 Å². The van der Waals surface area contributed by atoms with Crippen LogP contribution in [0.1, 0.15) is 20.9 Å². The Balaban J connectivity index is 1.75.